The van der Waals surface area contributed by atoms with E-state index in [1.165, 1.54) is 0 Å². The van der Waals surface area contributed by atoms with Crippen LogP contribution in [0.3, 0.4) is 0 Å². The van der Waals surface area contributed by atoms with Crippen molar-refractivity contribution in [3.63, 3.8) is 0 Å². The molecule has 0 fully saturated rings. The molecule has 82 valence electrons. The van der Waals surface area contributed by atoms with Crippen molar-refractivity contribution in [3.8, 4) is 5.75 Å². The second-order valence-corrected chi connectivity index (χ2v) is 5.06. The van der Waals surface area contributed by atoms with Gasteiger partial charge in [0.05, 0.1) is 5.56 Å². The molecule has 0 aromatic heterocycles. The van der Waals surface area contributed by atoms with Crippen molar-refractivity contribution in [1.29, 1.82) is 0 Å². The van der Waals surface area contributed by atoms with E-state index < -0.39 is 0 Å². The van der Waals surface area contributed by atoms with Gasteiger partial charge in [-0.15, -0.1) is 0 Å². The summed E-state index contributed by atoms with van der Waals surface area (Å²) < 4.78 is 0.824. The summed E-state index contributed by atoms with van der Waals surface area (Å²) in [7, 11) is 0. The number of phenolic OH excluding ortho intramolecular Hbond substituents is 1. The van der Waals surface area contributed by atoms with E-state index in [0.717, 1.165) is 10.0 Å². The molecule has 0 saturated heterocycles. The van der Waals surface area contributed by atoms with Gasteiger partial charge in [-0.25, -0.2) is 0 Å². The van der Waals surface area contributed by atoms with E-state index in [2.05, 4.69) is 15.9 Å². The topological polar surface area (TPSA) is 37.3 Å². The summed E-state index contributed by atoms with van der Waals surface area (Å²) in [5, 5.41) is 9.76. The average molecular weight is 271 g/mol. The number of carbonyl (C=O) groups excluding carboxylic acids is 1. The van der Waals surface area contributed by atoms with Gasteiger partial charge in [-0.05, 0) is 30.5 Å². The number of aromatic hydroxyl groups is 1. The SMILES string of the molecule is Cc1cc(Br)cc(C(=O)CC(C)C)c1O. The van der Waals surface area contributed by atoms with Crippen molar-refractivity contribution >= 4 is 21.7 Å². The zero-order valence-electron chi connectivity index (χ0n) is 9.17. The number of halogens is 1. The highest BCUT2D eigenvalue weighted by Gasteiger charge is 2.15. The number of benzene rings is 1. The molecular weight excluding hydrogens is 256 g/mol. The van der Waals surface area contributed by atoms with E-state index in [1.54, 1.807) is 19.1 Å². The highest BCUT2D eigenvalue weighted by Crippen LogP contribution is 2.28. The average Bonchev–Trinajstić information content (AvgIpc) is 2.09. The van der Waals surface area contributed by atoms with Gasteiger partial charge in [0.2, 0.25) is 0 Å². The number of rotatable bonds is 3. The summed E-state index contributed by atoms with van der Waals surface area (Å²) >= 11 is 3.32. The Labute approximate surface area is 98.4 Å². The van der Waals surface area contributed by atoms with Gasteiger partial charge in [-0.3, -0.25) is 4.79 Å². The first-order chi connectivity index (χ1) is 6.91. The van der Waals surface area contributed by atoms with E-state index in [0.29, 0.717) is 17.9 Å². The molecule has 0 aliphatic carbocycles. The summed E-state index contributed by atoms with van der Waals surface area (Å²) in [5.41, 5.74) is 1.13. The molecule has 1 aromatic rings. The van der Waals surface area contributed by atoms with Crippen LogP contribution in [0, 0.1) is 12.8 Å². The van der Waals surface area contributed by atoms with Gasteiger partial charge in [0, 0.05) is 10.9 Å². The molecule has 0 spiro atoms. The van der Waals surface area contributed by atoms with Crippen molar-refractivity contribution in [3.05, 3.63) is 27.7 Å². The van der Waals surface area contributed by atoms with Crippen molar-refractivity contribution in [1.82, 2.24) is 0 Å². The van der Waals surface area contributed by atoms with Crippen molar-refractivity contribution < 1.29 is 9.90 Å². The third-order valence-electron chi connectivity index (χ3n) is 2.16. The number of hydrogen-bond donors (Lipinski definition) is 1. The third-order valence-corrected chi connectivity index (χ3v) is 2.62. The fourth-order valence-corrected chi connectivity index (χ4v) is 2.00. The van der Waals surface area contributed by atoms with Crippen molar-refractivity contribution in [2.24, 2.45) is 5.92 Å². The van der Waals surface area contributed by atoms with Crippen molar-refractivity contribution in [2.45, 2.75) is 27.2 Å². The number of aryl methyl sites for hydroxylation is 1. The van der Waals surface area contributed by atoms with Gasteiger partial charge in [-0.1, -0.05) is 29.8 Å². The summed E-state index contributed by atoms with van der Waals surface area (Å²) in [6.45, 7) is 5.76. The number of Topliss-reactive ketones (excluding diaryl/α,β-unsaturated/α-hetero) is 1. The molecule has 2 nitrogen and oxygen atoms in total. The molecule has 0 aliphatic heterocycles. The Kier molecular flexibility index (Phi) is 3.91. The fourth-order valence-electron chi connectivity index (χ4n) is 1.43. The van der Waals surface area contributed by atoms with Crippen LogP contribution in [0.2, 0.25) is 0 Å². The Balaban J connectivity index is 3.08. The minimum Gasteiger partial charge on any atom is -0.507 e. The summed E-state index contributed by atoms with van der Waals surface area (Å²) in [6, 6.07) is 3.47. The summed E-state index contributed by atoms with van der Waals surface area (Å²) in [5.74, 6) is 0.395. The Bertz CT molecular complexity index is 383. The first kappa shape index (κ1) is 12.2. The molecule has 0 unspecified atom stereocenters. The van der Waals surface area contributed by atoms with E-state index in [1.807, 2.05) is 13.8 Å². The monoisotopic (exact) mass is 270 g/mol. The van der Waals surface area contributed by atoms with E-state index in [4.69, 9.17) is 0 Å². The van der Waals surface area contributed by atoms with E-state index in [-0.39, 0.29) is 11.5 Å². The molecule has 0 saturated carbocycles. The number of ketones is 1. The van der Waals surface area contributed by atoms with Gasteiger partial charge in [-0.2, -0.15) is 0 Å². The summed E-state index contributed by atoms with van der Waals surface area (Å²) in [4.78, 5) is 11.8. The first-order valence-electron chi connectivity index (χ1n) is 4.94. The van der Waals surface area contributed by atoms with Crippen LogP contribution in [0.5, 0.6) is 5.75 Å². The lowest BCUT2D eigenvalue weighted by molar-refractivity contribution is 0.0965. The zero-order chi connectivity index (χ0) is 11.6. The molecule has 1 aromatic carbocycles. The van der Waals surface area contributed by atoms with E-state index in [9.17, 15) is 9.90 Å². The second kappa shape index (κ2) is 4.79. The maximum atomic E-state index is 11.8. The van der Waals surface area contributed by atoms with Crippen LogP contribution < -0.4 is 0 Å². The standard InChI is InChI=1S/C12H15BrO2/c1-7(2)4-11(14)10-6-9(13)5-8(3)12(10)15/h5-7,15H,4H2,1-3H3. The smallest absolute Gasteiger partial charge is 0.166 e. The molecule has 0 amide bonds. The van der Waals surface area contributed by atoms with E-state index >= 15 is 0 Å². The van der Waals surface area contributed by atoms with Crippen LogP contribution in [0.15, 0.2) is 16.6 Å². The summed E-state index contributed by atoms with van der Waals surface area (Å²) in [6.07, 6.45) is 0.462. The van der Waals surface area contributed by atoms with Crippen LogP contribution in [-0.4, -0.2) is 10.9 Å². The molecule has 1 N–H and O–H groups in total. The van der Waals surface area contributed by atoms with Gasteiger partial charge >= 0.3 is 0 Å². The zero-order valence-corrected chi connectivity index (χ0v) is 10.8. The number of phenols is 1. The molecule has 0 atom stereocenters. The molecule has 15 heavy (non-hydrogen) atoms. The van der Waals surface area contributed by atoms with Crippen LogP contribution in [-0.2, 0) is 0 Å². The highest BCUT2D eigenvalue weighted by atomic mass is 79.9. The maximum Gasteiger partial charge on any atom is 0.166 e. The normalized spacial score (nSPS) is 10.7. The number of hydrogen-bond acceptors (Lipinski definition) is 2. The Morgan fingerprint density at radius 3 is 2.60 bits per heavy atom. The maximum absolute atomic E-state index is 11.8. The number of carbonyl (C=O) groups is 1. The van der Waals surface area contributed by atoms with Gasteiger partial charge in [0.25, 0.3) is 0 Å². The molecule has 1 rings (SSSR count). The minimum atomic E-state index is -0.00750. The second-order valence-electron chi connectivity index (χ2n) is 4.14. The van der Waals surface area contributed by atoms with Gasteiger partial charge in [0.15, 0.2) is 5.78 Å². The van der Waals surface area contributed by atoms with Crippen LogP contribution in [0.4, 0.5) is 0 Å². The molecule has 0 heterocycles. The minimum absolute atomic E-state index is 0.00750. The van der Waals surface area contributed by atoms with Gasteiger partial charge < -0.3 is 5.11 Å². The fraction of sp³-hybridized carbons (Fsp3) is 0.417. The lowest BCUT2D eigenvalue weighted by Gasteiger charge is -2.08. The Hall–Kier alpha value is -0.830. The van der Waals surface area contributed by atoms with Crippen LogP contribution >= 0.6 is 15.9 Å². The third kappa shape index (κ3) is 3.06. The first-order valence-corrected chi connectivity index (χ1v) is 5.73. The highest BCUT2D eigenvalue weighted by molar-refractivity contribution is 9.10. The van der Waals surface area contributed by atoms with Crippen LogP contribution in [0.1, 0.15) is 36.2 Å². The van der Waals surface area contributed by atoms with Crippen LogP contribution in [0.25, 0.3) is 0 Å². The van der Waals surface area contributed by atoms with Crippen molar-refractivity contribution in [2.75, 3.05) is 0 Å². The molecule has 0 aliphatic rings. The molecular formula is C12H15BrO2. The molecule has 3 heteroatoms. The Morgan fingerprint density at radius 2 is 2.07 bits per heavy atom. The van der Waals surface area contributed by atoms with Gasteiger partial charge in [0.1, 0.15) is 5.75 Å². The molecule has 0 bridgehead atoms. The predicted molar refractivity (Wildman–Crippen MR) is 64.3 cm³/mol. The lowest BCUT2D eigenvalue weighted by Crippen LogP contribution is -2.04. The lowest BCUT2D eigenvalue weighted by atomic mass is 9.99. The Morgan fingerprint density at radius 1 is 1.47 bits per heavy atom. The predicted octanol–water partition coefficient (Wildman–Crippen LogP) is 3.69. The largest absolute Gasteiger partial charge is 0.507 e. The molecule has 0 radical (unpaired) electrons. The quantitative estimate of drug-likeness (QED) is 0.851.